The van der Waals surface area contributed by atoms with Crippen molar-refractivity contribution in [1.82, 2.24) is 9.78 Å². The topological polar surface area (TPSA) is 43.8 Å². The second-order valence-corrected chi connectivity index (χ2v) is 5.52. The highest BCUT2D eigenvalue weighted by molar-refractivity contribution is 9.10. The Labute approximate surface area is 121 Å². The van der Waals surface area contributed by atoms with E-state index in [-0.39, 0.29) is 5.82 Å². The van der Waals surface area contributed by atoms with Crippen molar-refractivity contribution in [1.29, 1.82) is 0 Å². The molecular weight excluding hydrogens is 365 g/mol. The average molecular weight is 377 g/mol. The Morgan fingerprint density at radius 2 is 2.11 bits per heavy atom. The fraction of sp³-hybridized carbons (Fsp3) is 0.250. The lowest BCUT2D eigenvalue weighted by Gasteiger charge is -2.16. The molecule has 0 aliphatic rings. The van der Waals surface area contributed by atoms with Crippen LogP contribution in [0.15, 0.2) is 33.3 Å². The van der Waals surface area contributed by atoms with Crippen LogP contribution in [0.2, 0.25) is 0 Å². The number of aryl methyl sites for hydroxylation is 1. The molecule has 0 radical (unpaired) electrons. The van der Waals surface area contributed by atoms with E-state index in [1.807, 2.05) is 6.92 Å². The molecule has 1 aromatic carbocycles. The molecule has 0 amide bonds. The first-order valence-electron chi connectivity index (χ1n) is 5.47. The third-order valence-electron chi connectivity index (χ3n) is 2.74. The lowest BCUT2D eigenvalue weighted by Crippen LogP contribution is -2.19. The van der Waals surface area contributed by atoms with Gasteiger partial charge in [0.1, 0.15) is 5.82 Å². The van der Waals surface area contributed by atoms with Crippen molar-refractivity contribution in [2.24, 2.45) is 5.73 Å². The Morgan fingerprint density at radius 1 is 1.39 bits per heavy atom. The molecule has 0 aliphatic heterocycles. The molecule has 3 nitrogen and oxygen atoms in total. The van der Waals surface area contributed by atoms with Crippen LogP contribution in [0.4, 0.5) is 4.39 Å². The molecule has 0 spiro atoms. The van der Waals surface area contributed by atoms with E-state index < -0.39 is 6.04 Å². The van der Waals surface area contributed by atoms with Gasteiger partial charge >= 0.3 is 0 Å². The molecule has 6 heteroatoms. The van der Waals surface area contributed by atoms with Crippen molar-refractivity contribution in [3.05, 3.63) is 50.4 Å². The second kappa shape index (κ2) is 5.50. The fourth-order valence-electron chi connectivity index (χ4n) is 1.84. The van der Waals surface area contributed by atoms with Crippen LogP contribution in [0.1, 0.15) is 24.2 Å². The van der Waals surface area contributed by atoms with Crippen LogP contribution in [-0.2, 0) is 6.54 Å². The van der Waals surface area contributed by atoms with Crippen molar-refractivity contribution >= 4 is 31.9 Å². The van der Waals surface area contributed by atoms with Gasteiger partial charge in [-0.1, -0.05) is 12.1 Å². The first-order chi connectivity index (χ1) is 8.56. The van der Waals surface area contributed by atoms with E-state index in [1.165, 1.54) is 0 Å². The highest BCUT2D eigenvalue weighted by Crippen LogP contribution is 2.30. The van der Waals surface area contributed by atoms with Crippen molar-refractivity contribution in [3.63, 3.8) is 0 Å². The molecule has 1 aromatic heterocycles. The van der Waals surface area contributed by atoms with Crippen LogP contribution in [0.25, 0.3) is 0 Å². The number of rotatable bonds is 3. The van der Waals surface area contributed by atoms with Gasteiger partial charge in [-0.15, -0.1) is 0 Å². The van der Waals surface area contributed by atoms with Gasteiger partial charge in [-0.2, -0.15) is 5.10 Å². The van der Waals surface area contributed by atoms with Crippen molar-refractivity contribution in [2.75, 3.05) is 0 Å². The maximum absolute atomic E-state index is 14.0. The van der Waals surface area contributed by atoms with E-state index in [2.05, 4.69) is 37.0 Å². The molecule has 2 N–H and O–H groups in total. The first kappa shape index (κ1) is 13.7. The van der Waals surface area contributed by atoms with E-state index in [9.17, 15) is 4.39 Å². The summed E-state index contributed by atoms with van der Waals surface area (Å²) in [6.45, 7) is 2.65. The monoisotopic (exact) mass is 375 g/mol. The van der Waals surface area contributed by atoms with Crippen molar-refractivity contribution in [2.45, 2.75) is 19.5 Å². The molecule has 0 saturated carbocycles. The van der Waals surface area contributed by atoms with Gasteiger partial charge in [0.05, 0.1) is 26.9 Å². The predicted molar refractivity (Wildman–Crippen MR) is 75.7 cm³/mol. The van der Waals surface area contributed by atoms with Gasteiger partial charge in [-0.05, 0) is 44.8 Å². The largest absolute Gasteiger partial charge is 0.319 e. The van der Waals surface area contributed by atoms with Gasteiger partial charge in [0.15, 0.2) is 0 Å². The lowest BCUT2D eigenvalue weighted by atomic mass is 10.0. The molecule has 0 bridgehead atoms. The Morgan fingerprint density at radius 3 is 2.78 bits per heavy atom. The molecule has 2 aromatic rings. The molecule has 18 heavy (non-hydrogen) atoms. The van der Waals surface area contributed by atoms with Crippen molar-refractivity contribution < 1.29 is 4.39 Å². The Kier molecular flexibility index (Phi) is 4.19. The van der Waals surface area contributed by atoms with E-state index >= 15 is 0 Å². The normalized spacial score (nSPS) is 12.7. The summed E-state index contributed by atoms with van der Waals surface area (Å²) >= 11 is 6.57. The minimum absolute atomic E-state index is 0.333. The number of nitrogens with two attached hydrogens (primary N) is 1. The highest BCUT2D eigenvalue weighted by atomic mass is 79.9. The highest BCUT2D eigenvalue weighted by Gasteiger charge is 2.21. The maximum Gasteiger partial charge on any atom is 0.142 e. The van der Waals surface area contributed by atoms with Crippen LogP contribution >= 0.6 is 31.9 Å². The number of nitrogens with zero attached hydrogens (tertiary/aromatic N) is 2. The molecule has 96 valence electrons. The van der Waals surface area contributed by atoms with Gasteiger partial charge in [-0.3, -0.25) is 4.68 Å². The molecule has 2 rings (SSSR count). The summed E-state index contributed by atoms with van der Waals surface area (Å²) in [6.07, 6.45) is 1.68. The van der Waals surface area contributed by atoms with E-state index in [0.717, 1.165) is 10.2 Å². The van der Waals surface area contributed by atoms with Gasteiger partial charge in [0, 0.05) is 12.1 Å². The molecular formula is C12H12Br2FN3. The number of benzene rings is 1. The number of aromatic nitrogens is 2. The summed E-state index contributed by atoms with van der Waals surface area (Å²) in [4.78, 5) is 0. The van der Waals surface area contributed by atoms with Crippen LogP contribution in [0.3, 0.4) is 0 Å². The summed E-state index contributed by atoms with van der Waals surface area (Å²) < 4.78 is 17.0. The zero-order chi connectivity index (χ0) is 13.3. The van der Waals surface area contributed by atoms with E-state index in [1.54, 1.807) is 29.1 Å². The van der Waals surface area contributed by atoms with E-state index in [0.29, 0.717) is 16.6 Å². The quantitative estimate of drug-likeness (QED) is 0.889. The summed E-state index contributed by atoms with van der Waals surface area (Å²) in [7, 11) is 0. The first-order valence-corrected chi connectivity index (χ1v) is 7.05. The zero-order valence-electron chi connectivity index (χ0n) is 9.70. The third kappa shape index (κ3) is 2.37. The molecule has 1 unspecified atom stereocenters. The Balaban J connectivity index is 2.51. The molecule has 0 aliphatic carbocycles. The molecule has 0 fully saturated rings. The fourth-order valence-corrected chi connectivity index (χ4v) is 2.77. The van der Waals surface area contributed by atoms with E-state index in [4.69, 9.17) is 5.73 Å². The van der Waals surface area contributed by atoms with Crippen molar-refractivity contribution in [3.8, 4) is 0 Å². The number of halogens is 3. The number of hydrogen-bond donors (Lipinski definition) is 1. The number of hydrogen-bond acceptors (Lipinski definition) is 2. The summed E-state index contributed by atoms with van der Waals surface area (Å²) in [5.41, 5.74) is 7.37. The molecule has 1 atom stereocenters. The summed E-state index contributed by atoms with van der Waals surface area (Å²) in [6, 6.07) is 4.55. The van der Waals surface area contributed by atoms with Gasteiger partial charge < -0.3 is 5.73 Å². The minimum atomic E-state index is -0.556. The SMILES string of the molecule is CCn1ncc(Br)c1C(N)c1cccc(Br)c1F. The molecule has 0 saturated heterocycles. The standard InChI is InChI=1S/C12H12Br2FN3/c1-2-18-12(9(14)6-17-18)11(16)7-4-3-5-8(13)10(7)15/h3-6,11H,2,16H2,1H3. The van der Waals surface area contributed by atoms with Crippen LogP contribution < -0.4 is 5.73 Å². The predicted octanol–water partition coefficient (Wildman–Crippen LogP) is 3.62. The third-order valence-corrected chi connectivity index (χ3v) is 3.97. The van der Waals surface area contributed by atoms with Crippen LogP contribution in [-0.4, -0.2) is 9.78 Å². The zero-order valence-corrected chi connectivity index (χ0v) is 12.9. The minimum Gasteiger partial charge on any atom is -0.319 e. The lowest BCUT2D eigenvalue weighted by molar-refractivity contribution is 0.564. The Bertz CT molecular complexity index is 568. The Hall–Kier alpha value is -0.720. The smallest absolute Gasteiger partial charge is 0.142 e. The maximum atomic E-state index is 14.0. The summed E-state index contributed by atoms with van der Waals surface area (Å²) in [5, 5.41) is 4.19. The van der Waals surface area contributed by atoms with Gasteiger partial charge in [0.2, 0.25) is 0 Å². The van der Waals surface area contributed by atoms with Gasteiger partial charge in [-0.25, -0.2) is 4.39 Å². The second-order valence-electron chi connectivity index (χ2n) is 3.81. The average Bonchev–Trinajstić information content (AvgIpc) is 2.73. The van der Waals surface area contributed by atoms with Gasteiger partial charge in [0.25, 0.3) is 0 Å². The van der Waals surface area contributed by atoms with Crippen LogP contribution in [0, 0.1) is 5.82 Å². The molecule has 1 heterocycles. The van der Waals surface area contributed by atoms with Crippen LogP contribution in [0.5, 0.6) is 0 Å². The summed E-state index contributed by atoms with van der Waals surface area (Å²) in [5.74, 6) is -0.333.